The van der Waals surface area contributed by atoms with Gasteiger partial charge in [-0.25, -0.2) is 0 Å². The zero-order valence-corrected chi connectivity index (χ0v) is 36.8. The molecule has 10 aromatic carbocycles. The molecule has 2 heteroatoms. The first kappa shape index (κ1) is 38.9. The third-order valence-electron chi connectivity index (χ3n) is 13.3. The second-order valence-electron chi connectivity index (χ2n) is 17.2. The lowest BCUT2D eigenvalue weighted by Gasteiger charge is -2.23. The van der Waals surface area contributed by atoms with E-state index in [1.165, 1.54) is 109 Å². The first-order valence-electron chi connectivity index (χ1n) is 22.7. The fourth-order valence-corrected chi connectivity index (χ4v) is 11.3. The van der Waals surface area contributed by atoms with Gasteiger partial charge in [0.1, 0.15) is 0 Å². The third kappa shape index (κ3) is 7.23. The van der Waals surface area contributed by atoms with E-state index in [0.717, 1.165) is 12.8 Å². The molecule has 0 aliphatic carbocycles. The molecule has 1 unspecified atom stereocenters. The van der Waals surface area contributed by atoms with E-state index in [2.05, 4.69) is 247 Å². The SMILES string of the molecule is c1ccc(-c2ccc(C(CCc3cccc(-c4cccc(-c5ccc6c(c5)c5ccccc5n6-c5cccc6sc7ccccc7c56)c4)c3)c3ccccc3)c(-c3ccccc3)c2)cc1. The maximum absolute atomic E-state index is 2.47. The van der Waals surface area contributed by atoms with Crippen LogP contribution in [0.3, 0.4) is 0 Å². The molecule has 0 amide bonds. The molecule has 0 spiro atoms. The van der Waals surface area contributed by atoms with E-state index >= 15 is 0 Å². The molecule has 2 aromatic heterocycles. The number of benzene rings is 10. The molecule has 308 valence electrons. The summed E-state index contributed by atoms with van der Waals surface area (Å²) in [6, 6.07) is 89.5. The van der Waals surface area contributed by atoms with E-state index in [9.17, 15) is 0 Å². The second-order valence-corrected chi connectivity index (χ2v) is 18.2. The van der Waals surface area contributed by atoms with Crippen molar-refractivity contribution < 1.29 is 0 Å². The predicted molar refractivity (Wildman–Crippen MR) is 278 cm³/mol. The summed E-state index contributed by atoms with van der Waals surface area (Å²) in [5.41, 5.74) is 17.7. The standard InChI is InChI=1S/C63H45NS/c1-4-18-44(19-5-1)50-34-37-53(56(41-50)46-22-8-3-9-23-46)52(45-20-6-2-7-21-45)36-33-43-17-14-24-47(39-43)48-25-15-26-49(40-48)51-35-38-59-57(42-51)54-27-10-12-29-58(54)64(59)60-30-16-32-62-63(60)55-28-11-13-31-61(55)65-62/h1-32,34-35,37-42,52H,33,36H2. The molecule has 0 N–H and O–H groups in total. The van der Waals surface area contributed by atoms with Crippen molar-refractivity contribution in [1.29, 1.82) is 0 Å². The number of hydrogen-bond donors (Lipinski definition) is 0. The highest BCUT2D eigenvalue weighted by Crippen LogP contribution is 2.43. The average molecular weight is 848 g/mol. The van der Waals surface area contributed by atoms with Crippen LogP contribution >= 0.6 is 11.3 Å². The van der Waals surface area contributed by atoms with Crippen LogP contribution in [0, 0.1) is 0 Å². The molecule has 0 bridgehead atoms. The van der Waals surface area contributed by atoms with E-state index in [1.807, 2.05) is 11.3 Å². The van der Waals surface area contributed by atoms with Crippen molar-refractivity contribution in [2.45, 2.75) is 18.8 Å². The Balaban J connectivity index is 0.878. The van der Waals surface area contributed by atoms with Crippen LogP contribution < -0.4 is 0 Å². The summed E-state index contributed by atoms with van der Waals surface area (Å²) >= 11 is 1.87. The predicted octanol–water partition coefficient (Wildman–Crippen LogP) is 17.6. The van der Waals surface area contributed by atoms with Crippen molar-refractivity contribution in [3.63, 3.8) is 0 Å². The van der Waals surface area contributed by atoms with Crippen molar-refractivity contribution in [3.8, 4) is 50.2 Å². The first-order valence-corrected chi connectivity index (χ1v) is 23.5. The Bertz CT molecular complexity index is 3650. The number of hydrogen-bond acceptors (Lipinski definition) is 1. The largest absolute Gasteiger partial charge is 0.309 e. The summed E-state index contributed by atoms with van der Waals surface area (Å²) in [4.78, 5) is 0. The van der Waals surface area contributed by atoms with Crippen LogP contribution in [0.2, 0.25) is 0 Å². The maximum Gasteiger partial charge on any atom is 0.0555 e. The van der Waals surface area contributed by atoms with Crippen LogP contribution in [-0.2, 0) is 6.42 Å². The molecule has 0 saturated heterocycles. The van der Waals surface area contributed by atoms with E-state index in [1.54, 1.807) is 0 Å². The summed E-state index contributed by atoms with van der Waals surface area (Å²) < 4.78 is 5.11. The van der Waals surface area contributed by atoms with Crippen LogP contribution in [-0.4, -0.2) is 4.57 Å². The van der Waals surface area contributed by atoms with Crippen LogP contribution in [0.15, 0.2) is 243 Å². The van der Waals surface area contributed by atoms with Gasteiger partial charge in [-0.3, -0.25) is 0 Å². The molecule has 0 aliphatic rings. The minimum atomic E-state index is 0.224. The maximum atomic E-state index is 2.47. The normalized spacial score (nSPS) is 12.1. The van der Waals surface area contributed by atoms with Gasteiger partial charge < -0.3 is 4.57 Å². The van der Waals surface area contributed by atoms with Crippen molar-refractivity contribution in [1.82, 2.24) is 4.57 Å². The lowest BCUT2D eigenvalue weighted by molar-refractivity contribution is 0.717. The average Bonchev–Trinajstić information content (AvgIpc) is 3.93. The number of aryl methyl sites for hydroxylation is 1. The summed E-state index contributed by atoms with van der Waals surface area (Å²) in [6.45, 7) is 0. The van der Waals surface area contributed by atoms with Gasteiger partial charge in [-0.1, -0.05) is 194 Å². The van der Waals surface area contributed by atoms with Gasteiger partial charge in [-0.05, 0) is 123 Å². The Labute approximate surface area is 384 Å². The summed E-state index contributed by atoms with van der Waals surface area (Å²) in [5, 5.41) is 5.16. The molecular weight excluding hydrogens is 803 g/mol. The topological polar surface area (TPSA) is 4.93 Å². The van der Waals surface area contributed by atoms with E-state index < -0.39 is 0 Å². The fraction of sp³-hybridized carbons (Fsp3) is 0.0476. The molecular formula is C63H45NS. The minimum absolute atomic E-state index is 0.224. The molecule has 12 aromatic rings. The molecule has 1 atom stereocenters. The van der Waals surface area contributed by atoms with E-state index in [4.69, 9.17) is 0 Å². The number of fused-ring (bicyclic) bond motifs is 6. The molecule has 12 rings (SSSR count). The summed E-state index contributed by atoms with van der Waals surface area (Å²) in [6.07, 6.45) is 1.94. The lowest BCUT2D eigenvalue weighted by atomic mass is 9.81. The van der Waals surface area contributed by atoms with Gasteiger partial charge in [0.2, 0.25) is 0 Å². The zero-order valence-electron chi connectivity index (χ0n) is 35.9. The Morgan fingerprint density at radius 2 is 0.938 bits per heavy atom. The Hall–Kier alpha value is -7.78. The number of thiophene rings is 1. The van der Waals surface area contributed by atoms with Crippen molar-refractivity contribution in [2.75, 3.05) is 0 Å². The molecule has 65 heavy (non-hydrogen) atoms. The fourth-order valence-electron chi connectivity index (χ4n) is 10.2. The first-order chi connectivity index (χ1) is 32.2. The Morgan fingerprint density at radius 1 is 0.369 bits per heavy atom. The monoisotopic (exact) mass is 847 g/mol. The smallest absolute Gasteiger partial charge is 0.0555 e. The van der Waals surface area contributed by atoms with Crippen molar-refractivity contribution in [2.24, 2.45) is 0 Å². The number of rotatable bonds is 10. The quantitative estimate of drug-likeness (QED) is 0.129. The van der Waals surface area contributed by atoms with Gasteiger partial charge >= 0.3 is 0 Å². The van der Waals surface area contributed by atoms with E-state index in [-0.39, 0.29) is 5.92 Å². The van der Waals surface area contributed by atoms with E-state index in [0.29, 0.717) is 0 Å². The highest BCUT2D eigenvalue weighted by atomic mass is 32.1. The molecule has 0 radical (unpaired) electrons. The van der Waals surface area contributed by atoms with Gasteiger partial charge in [0.25, 0.3) is 0 Å². The van der Waals surface area contributed by atoms with Crippen LogP contribution in [0.4, 0.5) is 0 Å². The zero-order chi connectivity index (χ0) is 43.1. The molecule has 2 heterocycles. The molecule has 0 aliphatic heterocycles. The highest BCUT2D eigenvalue weighted by molar-refractivity contribution is 7.25. The molecule has 0 fully saturated rings. The van der Waals surface area contributed by atoms with Gasteiger partial charge in [-0.15, -0.1) is 11.3 Å². The van der Waals surface area contributed by atoms with Crippen LogP contribution in [0.5, 0.6) is 0 Å². The third-order valence-corrected chi connectivity index (χ3v) is 14.4. The van der Waals surface area contributed by atoms with Crippen LogP contribution in [0.25, 0.3) is 92.2 Å². The van der Waals surface area contributed by atoms with Crippen LogP contribution in [0.1, 0.15) is 29.0 Å². The number of nitrogens with zero attached hydrogens (tertiary/aromatic N) is 1. The van der Waals surface area contributed by atoms with Crippen molar-refractivity contribution >= 4 is 53.3 Å². The minimum Gasteiger partial charge on any atom is -0.309 e. The van der Waals surface area contributed by atoms with Gasteiger partial charge in [0, 0.05) is 36.9 Å². The molecule has 0 saturated carbocycles. The Morgan fingerprint density at radius 3 is 1.74 bits per heavy atom. The number of para-hydroxylation sites is 1. The Kier molecular flexibility index (Phi) is 10.0. The van der Waals surface area contributed by atoms with Gasteiger partial charge in [-0.2, -0.15) is 0 Å². The van der Waals surface area contributed by atoms with Gasteiger partial charge in [0.15, 0.2) is 0 Å². The second kappa shape index (κ2) is 16.7. The summed E-state index contributed by atoms with van der Waals surface area (Å²) in [5.74, 6) is 0.224. The van der Waals surface area contributed by atoms with Gasteiger partial charge in [0.05, 0.1) is 16.7 Å². The molecule has 1 nitrogen and oxygen atoms in total. The number of aromatic nitrogens is 1. The highest BCUT2D eigenvalue weighted by Gasteiger charge is 2.21. The summed E-state index contributed by atoms with van der Waals surface area (Å²) in [7, 11) is 0. The van der Waals surface area contributed by atoms with Crippen molar-refractivity contribution in [3.05, 3.63) is 259 Å². The lowest BCUT2D eigenvalue weighted by Crippen LogP contribution is -2.05.